The summed E-state index contributed by atoms with van der Waals surface area (Å²) in [6, 6.07) is 0. The van der Waals surface area contributed by atoms with Crippen LogP contribution in [-0.4, -0.2) is 5.78 Å². The van der Waals surface area contributed by atoms with Gasteiger partial charge in [-0.3, -0.25) is 4.79 Å². The Labute approximate surface area is 202 Å². The summed E-state index contributed by atoms with van der Waals surface area (Å²) in [7, 11) is 0. The minimum absolute atomic E-state index is 0.298. The summed E-state index contributed by atoms with van der Waals surface area (Å²) in [4.78, 5) is 13.4. The van der Waals surface area contributed by atoms with Gasteiger partial charge in [0.15, 0.2) is 5.78 Å². The Morgan fingerprint density at radius 3 is 1.72 bits per heavy atom. The molecule has 2 rings (SSSR count). The van der Waals surface area contributed by atoms with Crippen LogP contribution in [0.15, 0.2) is 14.3 Å². The van der Waals surface area contributed by atoms with Gasteiger partial charge in [0.25, 0.3) is 0 Å². The highest BCUT2D eigenvalue weighted by molar-refractivity contribution is 9.11. The number of Topliss-reactive ketones (excluding diaryl/α,β-unsaturated/α-hetero) is 1. The number of hydrogen-bond acceptors (Lipinski definition) is 3. The van der Waals surface area contributed by atoms with Crippen LogP contribution < -0.4 is 0 Å². The fourth-order valence-corrected chi connectivity index (χ4v) is 7.83. The van der Waals surface area contributed by atoms with Crippen molar-refractivity contribution in [3.8, 4) is 0 Å². The zero-order valence-corrected chi connectivity index (χ0v) is 22.7. The van der Waals surface area contributed by atoms with Gasteiger partial charge in [0, 0.05) is 16.3 Å². The Hall–Kier alpha value is 0.290. The van der Waals surface area contributed by atoms with Gasteiger partial charge in [-0.05, 0) is 38.3 Å². The van der Waals surface area contributed by atoms with Crippen LogP contribution in [0.2, 0.25) is 0 Å². The Morgan fingerprint density at radius 2 is 1.24 bits per heavy atom. The summed E-state index contributed by atoms with van der Waals surface area (Å²) >= 11 is 10.5. The quantitative estimate of drug-likeness (QED) is 0.138. The molecule has 0 saturated heterocycles. The predicted molar refractivity (Wildman–Crippen MR) is 139 cm³/mol. The topological polar surface area (TPSA) is 17.1 Å². The van der Waals surface area contributed by atoms with E-state index in [1.807, 2.05) is 0 Å². The molecule has 0 aromatic carbocycles. The number of halogens is 2. The summed E-state index contributed by atoms with van der Waals surface area (Å²) in [6.45, 7) is 2.28. The number of ketones is 1. The number of thiophene rings is 2. The molecule has 0 atom stereocenters. The number of carbonyl (C=O) groups excluding carboxylic acids is 1. The molecule has 0 amide bonds. The summed E-state index contributed by atoms with van der Waals surface area (Å²) in [5.41, 5.74) is 0. The van der Waals surface area contributed by atoms with Gasteiger partial charge in [-0.15, -0.1) is 22.7 Å². The van der Waals surface area contributed by atoms with Crippen molar-refractivity contribution >= 4 is 69.7 Å². The first-order valence-corrected chi connectivity index (χ1v) is 14.8. The highest BCUT2D eigenvalue weighted by atomic mass is 79.9. The van der Waals surface area contributed by atoms with E-state index in [1.54, 1.807) is 22.7 Å². The first-order valence-electron chi connectivity index (χ1n) is 11.5. The zero-order chi connectivity index (χ0) is 20.9. The average Bonchev–Trinajstić information content (AvgIpc) is 3.24. The summed E-state index contributed by atoms with van der Waals surface area (Å²) < 4.78 is 4.50. The minimum Gasteiger partial charge on any atom is -0.293 e. The second kappa shape index (κ2) is 15.2. The average molecular weight is 564 g/mol. The number of carbonyl (C=O) groups is 1. The van der Waals surface area contributed by atoms with Gasteiger partial charge in [0.2, 0.25) is 0 Å². The van der Waals surface area contributed by atoms with Gasteiger partial charge in [-0.1, -0.05) is 96.8 Å². The normalized spacial score (nSPS) is 11.6. The Kier molecular flexibility index (Phi) is 13.3. The fourth-order valence-electron chi connectivity index (χ4n) is 3.77. The molecule has 0 aliphatic carbocycles. The second-order valence-electron chi connectivity index (χ2n) is 8.11. The molecule has 2 aromatic rings. The van der Waals surface area contributed by atoms with Gasteiger partial charge >= 0.3 is 0 Å². The van der Waals surface area contributed by atoms with Crippen molar-refractivity contribution in [3.63, 3.8) is 0 Å². The van der Waals surface area contributed by atoms with Crippen molar-refractivity contribution in [2.45, 2.75) is 110 Å². The molecule has 2 aromatic heterocycles. The van der Waals surface area contributed by atoms with E-state index in [-0.39, 0.29) is 0 Å². The van der Waals surface area contributed by atoms with Crippen LogP contribution in [0.25, 0.3) is 9.40 Å². The van der Waals surface area contributed by atoms with Crippen molar-refractivity contribution in [2.24, 2.45) is 0 Å². The van der Waals surface area contributed by atoms with E-state index >= 15 is 0 Å². The molecule has 2 heterocycles. The third-order valence-electron chi connectivity index (χ3n) is 5.57. The van der Waals surface area contributed by atoms with Gasteiger partial charge in [-0.2, -0.15) is 0 Å². The highest BCUT2D eigenvalue weighted by Crippen LogP contribution is 2.44. The number of rotatable bonds is 17. The van der Waals surface area contributed by atoms with Crippen molar-refractivity contribution < 1.29 is 4.79 Å². The SMILES string of the molecule is CCCCCCCCCCCCCCCCCC(=O)c1sc2c(Br)csc2c1Br. The molecule has 0 saturated carbocycles. The molecular weight excluding hydrogens is 528 g/mol. The third kappa shape index (κ3) is 9.13. The molecule has 0 fully saturated rings. The smallest absolute Gasteiger partial charge is 0.174 e. The van der Waals surface area contributed by atoms with Crippen LogP contribution >= 0.6 is 54.5 Å². The minimum atomic E-state index is 0.298. The standard InChI is InChI=1S/C24H36Br2OS2/c1-2-3-4-5-6-7-8-9-10-11-12-13-14-15-16-17-20(27)23-21(26)24-22(29-23)19(25)18-28-24/h18H,2-17H2,1H3. The van der Waals surface area contributed by atoms with E-state index in [1.165, 1.54) is 99.3 Å². The number of fused-ring (bicyclic) bond motifs is 1. The lowest BCUT2D eigenvalue weighted by molar-refractivity contribution is 0.0982. The van der Waals surface area contributed by atoms with Crippen LogP contribution in [-0.2, 0) is 0 Å². The van der Waals surface area contributed by atoms with E-state index in [9.17, 15) is 4.79 Å². The van der Waals surface area contributed by atoms with Gasteiger partial charge in [0.05, 0.1) is 18.7 Å². The molecule has 29 heavy (non-hydrogen) atoms. The molecule has 0 radical (unpaired) electrons. The molecule has 164 valence electrons. The number of hydrogen-bond donors (Lipinski definition) is 0. The molecule has 0 aliphatic rings. The molecule has 0 N–H and O–H groups in total. The van der Waals surface area contributed by atoms with Crippen LogP contribution in [0, 0.1) is 0 Å². The van der Waals surface area contributed by atoms with Gasteiger partial charge in [-0.25, -0.2) is 0 Å². The summed E-state index contributed by atoms with van der Waals surface area (Å²) in [5, 5.41) is 2.09. The Morgan fingerprint density at radius 1 is 0.759 bits per heavy atom. The van der Waals surface area contributed by atoms with Crippen molar-refractivity contribution in [2.75, 3.05) is 0 Å². The van der Waals surface area contributed by atoms with Crippen LogP contribution in [0.5, 0.6) is 0 Å². The van der Waals surface area contributed by atoms with E-state index in [2.05, 4.69) is 44.2 Å². The molecule has 5 heteroatoms. The third-order valence-corrected chi connectivity index (χ3v) is 10.5. The van der Waals surface area contributed by atoms with E-state index in [0.29, 0.717) is 12.2 Å². The predicted octanol–water partition coefficient (Wildman–Crippen LogP) is 10.9. The van der Waals surface area contributed by atoms with E-state index < -0.39 is 0 Å². The fraction of sp³-hybridized carbons (Fsp3) is 0.708. The van der Waals surface area contributed by atoms with Crippen LogP contribution in [0.3, 0.4) is 0 Å². The first-order chi connectivity index (χ1) is 14.1. The largest absolute Gasteiger partial charge is 0.293 e. The van der Waals surface area contributed by atoms with Crippen LogP contribution in [0.4, 0.5) is 0 Å². The van der Waals surface area contributed by atoms with Gasteiger partial charge in [0.1, 0.15) is 0 Å². The lowest BCUT2D eigenvalue weighted by atomic mass is 10.0. The van der Waals surface area contributed by atoms with Gasteiger partial charge < -0.3 is 0 Å². The molecule has 0 aliphatic heterocycles. The number of unbranched alkanes of at least 4 members (excludes halogenated alkanes) is 14. The molecular formula is C24H36Br2OS2. The summed E-state index contributed by atoms with van der Waals surface area (Å²) in [6.07, 6.45) is 21.0. The van der Waals surface area contributed by atoms with E-state index in [0.717, 1.165) is 20.2 Å². The molecule has 0 spiro atoms. The van der Waals surface area contributed by atoms with Crippen molar-refractivity contribution in [1.82, 2.24) is 0 Å². The molecule has 1 nitrogen and oxygen atoms in total. The lowest BCUT2D eigenvalue weighted by Crippen LogP contribution is -1.96. The second-order valence-corrected chi connectivity index (χ2v) is 11.7. The maximum Gasteiger partial charge on any atom is 0.174 e. The Bertz CT molecular complexity index is 720. The van der Waals surface area contributed by atoms with Crippen molar-refractivity contribution in [3.05, 3.63) is 19.2 Å². The maximum absolute atomic E-state index is 12.5. The Balaban J connectivity index is 1.43. The lowest BCUT2D eigenvalue weighted by Gasteiger charge is -2.03. The highest BCUT2D eigenvalue weighted by Gasteiger charge is 2.19. The summed E-state index contributed by atoms with van der Waals surface area (Å²) in [5.74, 6) is 0.298. The van der Waals surface area contributed by atoms with Crippen molar-refractivity contribution in [1.29, 1.82) is 0 Å². The van der Waals surface area contributed by atoms with Crippen LogP contribution in [0.1, 0.15) is 119 Å². The molecule has 0 bridgehead atoms. The van der Waals surface area contributed by atoms with E-state index in [4.69, 9.17) is 0 Å². The molecule has 0 unspecified atom stereocenters. The zero-order valence-electron chi connectivity index (χ0n) is 17.9. The monoisotopic (exact) mass is 562 g/mol. The maximum atomic E-state index is 12.5. The first kappa shape index (κ1) is 25.5.